The van der Waals surface area contributed by atoms with Crippen LogP contribution in [-0.4, -0.2) is 56.5 Å². The van der Waals surface area contributed by atoms with Gasteiger partial charge in [-0.2, -0.15) is 9.97 Å². The van der Waals surface area contributed by atoms with Crippen LogP contribution in [0.25, 0.3) is 21.6 Å². The van der Waals surface area contributed by atoms with Crippen molar-refractivity contribution >= 4 is 17.0 Å². The van der Waals surface area contributed by atoms with Gasteiger partial charge in [0.1, 0.15) is 6.23 Å². The zero-order valence-corrected chi connectivity index (χ0v) is 13.6. The van der Waals surface area contributed by atoms with Gasteiger partial charge in [-0.3, -0.25) is 4.57 Å². The molecule has 3 heterocycles. The molecule has 1 saturated heterocycles. The molecule has 1 aliphatic heterocycles. The second kappa shape index (κ2) is 6.36. The first kappa shape index (κ1) is 15.9. The molecule has 132 valence electrons. The molecular formula is C14H18N8O3. The standard InChI is InChI=1S/C14H18N8O3/c1-24-14-18-12(17-7-2-3-7)11-13(19-14)22(6-16-11)10-4-8(20-21-15)9(5-23)25-10/h6-10,23H,2-5H2,1H3,(H,17,18,19)/t8-,9+,10+/m0/s1. The first-order valence-corrected chi connectivity index (χ1v) is 8.09. The summed E-state index contributed by atoms with van der Waals surface area (Å²) in [7, 11) is 1.51. The molecule has 1 aliphatic carbocycles. The first-order chi connectivity index (χ1) is 12.2. The van der Waals surface area contributed by atoms with E-state index in [1.54, 1.807) is 10.9 Å². The van der Waals surface area contributed by atoms with Crippen molar-refractivity contribution in [2.24, 2.45) is 5.11 Å². The zero-order valence-electron chi connectivity index (χ0n) is 13.6. The lowest BCUT2D eigenvalue weighted by Crippen LogP contribution is -2.22. The van der Waals surface area contributed by atoms with Crippen LogP contribution in [0.5, 0.6) is 6.01 Å². The van der Waals surface area contributed by atoms with Gasteiger partial charge in [-0.1, -0.05) is 5.11 Å². The van der Waals surface area contributed by atoms with Gasteiger partial charge in [0.25, 0.3) is 0 Å². The summed E-state index contributed by atoms with van der Waals surface area (Å²) in [6, 6.07) is 0.203. The number of aromatic nitrogens is 4. The molecular weight excluding hydrogens is 328 g/mol. The van der Waals surface area contributed by atoms with E-state index in [2.05, 4.69) is 30.3 Å². The number of nitrogens with zero attached hydrogens (tertiary/aromatic N) is 7. The molecule has 2 aromatic rings. The van der Waals surface area contributed by atoms with Crippen molar-refractivity contribution in [3.8, 4) is 6.01 Å². The van der Waals surface area contributed by atoms with Crippen LogP contribution < -0.4 is 10.1 Å². The third-order valence-corrected chi connectivity index (χ3v) is 4.40. The van der Waals surface area contributed by atoms with E-state index in [9.17, 15) is 5.11 Å². The number of hydrogen-bond donors (Lipinski definition) is 2. The largest absolute Gasteiger partial charge is 0.467 e. The van der Waals surface area contributed by atoms with Crippen LogP contribution in [0.15, 0.2) is 11.4 Å². The molecule has 2 aliphatic rings. The fraction of sp³-hybridized carbons (Fsp3) is 0.643. The van der Waals surface area contributed by atoms with Crippen molar-refractivity contribution in [2.75, 3.05) is 19.0 Å². The number of nitrogens with one attached hydrogen (secondary N) is 1. The summed E-state index contributed by atoms with van der Waals surface area (Å²) in [4.78, 5) is 16.0. The van der Waals surface area contributed by atoms with Gasteiger partial charge in [0.15, 0.2) is 17.0 Å². The van der Waals surface area contributed by atoms with E-state index >= 15 is 0 Å². The van der Waals surface area contributed by atoms with E-state index in [1.807, 2.05) is 0 Å². The Bertz CT molecular complexity index is 829. The third kappa shape index (κ3) is 2.93. The second-order valence-electron chi connectivity index (χ2n) is 6.12. The lowest BCUT2D eigenvalue weighted by Gasteiger charge is -2.14. The minimum atomic E-state index is -0.550. The van der Waals surface area contributed by atoms with Crippen molar-refractivity contribution in [2.45, 2.75) is 43.7 Å². The molecule has 2 fully saturated rings. The van der Waals surface area contributed by atoms with Gasteiger partial charge >= 0.3 is 6.01 Å². The average Bonchev–Trinajstić information content (AvgIpc) is 3.18. The minimum Gasteiger partial charge on any atom is -0.467 e. The quantitative estimate of drug-likeness (QED) is 0.456. The lowest BCUT2D eigenvalue weighted by atomic mass is 10.1. The molecule has 0 unspecified atom stereocenters. The third-order valence-electron chi connectivity index (χ3n) is 4.40. The van der Waals surface area contributed by atoms with Gasteiger partial charge < -0.3 is 19.9 Å². The van der Waals surface area contributed by atoms with Crippen molar-refractivity contribution in [1.82, 2.24) is 19.5 Å². The number of fused-ring (bicyclic) bond motifs is 1. The molecule has 0 amide bonds. The SMILES string of the molecule is COc1nc(NC2CC2)c2ncn([C@H]3C[C@H](N=[N+]=[N-])[C@@H](CO)O3)c2n1. The maximum atomic E-state index is 9.44. The highest BCUT2D eigenvalue weighted by Gasteiger charge is 2.36. The fourth-order valence-corrected chi connectivity index (χ4v) is 2.96. The van der Waals surface area contributed by atoms with Crippen molar-refractivity contribution in [1.29, 1.82) is 0 Å². The summed E-state index contributed by atoms with van der Waals surface area (Å²) in [5.41, 5.74) is 9.88. The number of aliphatic hydroxyl groups is 1. The molecule has 11 heteroatoms. The first-order valence-electron chi connectivity index (χ1n) is 8.09. The summed E-state index contributed by atoms with van der Waals surface area (Å²) < 4.78 is 12.8. The number of imidazole rings is 1. The number of hydrogen-bond acceptors (Lipinski definition) is 8. The number of aliphatic hydroxyl groups excluding tert-OH is 1. The molecule has 25 heavy (non-hydrogen) atoms. The number of azide groups is 1. The van der Waals surface area contributed by atoms with Crippen molar-refractivity contribution < 1.29 is 14.6 Å². The van der Waals surface area contributed by atoms with E-state index in [0.29, 0.717) is 29.4 Å². The van der Waals surface area contributed by atoms with Gasteiger partial charge in [0.05, 0.1) is 32.2 Å². The van der Waals surface area contributed by atoms with E-state index < -0.39 is 18.4 Å². The van der Waals surface area contributed by atoms with Crippen LogP contribution >= 0.6 is 0 Å². The Hall–Kier alpha value is -2.62. The summed E-state index contributed by atoms with van der Waals surface area (Å²) in [5, 5.41) is 16.5. The summed E-state index contributed by atoms with van der Waals surface area (Å²) in [6.07, 6.45) is 3.27. The maximum absolute atomic E-state index is 9.44. The fourth-order valence-electron chi connectivity index (χ4n) is 2.96. The molecule has 0 radical (unpaired) electrons. The molecule has 0 aromatic carbocycles. The minimum absolute atomic E-state index is 0.223. The van der Waals surface area contributed by atoms with Crippen LogP contribution in [-0.2, 0) is 4.74 Å². The Morgan fingerprint density at radius 2 is 2.36 bits per heavy atom. The Morgan fingerprint density at radius 3 is 3.04 bits per heavy atom. The van der Waals surface area contributed by atoms with Gasteiger partial charge in [-0.05, 0) is 18.4 Å². The highest BCUT2D eigenvalue weighted by atomic mass is 16.5. The maximum Gasteiger partial charge on any atom is 0.320 e. The molecule has 4 rings (SSSR count). The van der Waals surface area contributed by atoms with Crippen LogP contribution in [0.1, 0.15) is 25.5 Å². The van der Waals surface area contributed by atoms with Gasteiger partial charge in [0, 0.05) is 17.4 Å². The molecule has 0 spiro atoms. The normalized spacial score (nSPS) is 25.8. The van der Waals surface area contributed by atoms with Gasteiger partial charge in [-0.15, -0.1) is 0 Å². The Kier molecular flexibility index (Phi) is 4.04. The monoisotopic (exact) mass is 346 g/mol. The number of ether oxygens (including phenoxy) is 2. The Morgan fingerprint density at radius 1 is 1.52 bits per heavy atom. The van der Waals surface area contributed by atoms with E-state index in [1.165, 1.54) is 7.11 Å². The number of anilines is 1. The van der Waals surface area contributed by atoms with E-state index in [-0.39, 0.29) is 12.6 Å². The summed E-state index contributed by atoms with van der Waals surface area (Å²) >= 11 is 0. The lowest BCUT2D eigenvalue weighted by molar-refractivity contribution is -0.0233. The molecule has 11 nitrogen and oxygen atoms in total. The van der Waals surface area contributed by atoms with Gasteiger partial charge in [-0.25, -0.2) is 4.98 Å². The van der Waals surface area contributed by atoms with E-state index in [0.717, 1.165) is 12.8 Å². The highest BCUT2D eigenvalue weighted by Crippen LogP contribution is 2.35. The number of methoxy groups -OCH3 is 1. The van der Waals surface area contributed by atoms with Gasteiger partial charge in [0.2, 0.25) is 0 Å². The summed E-state index contributed by atoms with van der Waals surface area (Å²) in [5.74, 6) is 0.631. The average molecular weight is 346 g/mol. The molecule has 0 bridgehead atoms. The van der Waals surface area contributed by atoms with Crippen LogP contribution in [0.4, 0.5) is 5.82 Å². The Labute approximate surface area is 142 Å². The smallest absolute Gasteiger partial charge is 0.320 e. The topological polar surface area (TPSA) is 143 Å². The molecule has 3 atom stereocenters. The van der Waals surface area contributed by atoms with Crippen molar-refractivity contribution in [3.05, 3.63) is 16.8 Å². The van der Waals surface area contributed by atoms with Crippen molar-refractivity contribution in [3.63, 3.8) is 0 Å². The molecule has 2 N–H and O–H groups in total. The van der Waals surface area contributed by atoms with Crippen LogP contribution in [0.2, 0.25) is 0 Å². The number of rotatable bonds is 6. The second-order valence-corrected chi connectivity index (χ2v) is 6.12. The highest BCUT2D eigenvalue weighted by molar-refractivity contribution is 5.83. The Balaban J connectivity index is 1.71. The predicted octanol–water partition coefficient (Wildman–Crippen LogP) is 1.37. The summed E-state index contributed by atoms with van der Waals surface area (Å²) in [6.45, 7) is -0.223. The van der Waals surface area contributed by atoms with Crippen LogP contribution in [0.3, 0.4) is 0 Å². The van der Waals surface area contributed by atoms with Crippen LogP contribution in [0, 0.1) is 0 Å². The molecule has 2 aromatic heterocycles. The zero-order chi connectivity index (χ0) is 17.4. The van der Waals surface area contributed by atoms with E-state index in [4.69, 9.17) is 15.0 Å². The molecule has 1 saturated carbocycles. The predicted molar refractivity (Wildman–Crippen MR) is 87.1 cm³/mol.